The van der Waals surface area contributed by atoms with Crippen molar-refractivity contribution in [3.05, 3.63) is 71.1 Å². The second-order valence-electron chi connectivity index (χ2n) is 9.81. The average Bonchev–Trinajstić information content (AvgIpc) is 3.66. The highest BCUT2D eigenvalue weighted by molar-refractivity contribution is 5.87. The van der Waals surface area contributed by atoms with Crippen molar-refractivity contribution in [2.75, 3.05) is 13.7 Å². The topological polar surface area (TPSA) is 71.5 Å². The van der Waals surface area contributed by atoms with E-state index in [1.807, 2.05) is 43.3 Å². The zero-order valence-corrected chi connectivity index (χ0v) is 21.0. The first-order valence-corrected chi connectivity index (χ1v) is 12.6. The van der Waals surface area contributed by atoms with Gasteiger partial charge in [0.1, 0.15) is 5.69 Å². The standard InChI is InChI=1S/C28H32F3N3O3/c1-3-21(11-18-7-5-4-6-8-18)23-14-25(23)34(27(36)28(29,30)31)17-20-12-22(13-20)32-15-19-9-10-24(33-16-19)26(35)37-2/h4-11,16,20,22-23,25,32H,3,12-15,17H2,1-2H3/b21-11+. The van der Waals surface area contributed by atoms with Crippen molar-refractivity contribution in [1.29, 1.82) is 0 Å². The minimum Gasteiger partial charge on any atom is -0.464 e. The van der Waals surface area contributed by atoms with Crippen LogP contribution in [0.25, 0.3) is 6.08 Å². The number of ether oxygens (including phenoxy) is 1. The van der Waals surface area contributed by atoms with Crippen LogP contribution in [-0.4, -0.2) is 53.7 Å². The summed E-state index contributed by atoms with van der Waals surface area (Å²) in [7, 11) is 1.30. The Bertz CT molecular complexity index is 1110. The number of hydrogen-bond donors (Lipinski definition) is 1. The quantitative estimate of drug-likeness (QED) is 0.451. The number of nitrogens with zero attached hydrogens (tertiary/aromatic N) is 2. The second-order valence-corrected chi connectivity index (χ2v) is 9.81. The zero-order chi connectivity index (χ0) is 26.6. The van der Waals surface area contributed by atoms with Gasteiger partial charge in [0.25, 0.3) is 0 Å². The molecule has 1 aromatic carbocycles. The molecule has 2 saturated carbocycles. The molecule has 198 valence electrons. The summed E-state index contributed by atoms with van der Waals surface area (Å²) in [5.41, 5.74) is 3.22. The fraction of sp³-hybridized carbons (Fsp3) is 0.464. The molecule has 4 rings (SSSR count). The Morgan fingerprint density at radius 2 is 1.86 bits per heavy atom. The number of amides is 1. The van der Waals surface area contributed by atoms with Gasteiger partial charge in [0, 0.05) is 37.3 Å². The molecule has 0 saturated heterocycles. The highest BCUT2D eigenvalue weighted by Gasteiger charge is 2.53. The normalized spacial score (nSPS) is 23.2. The van der Waals surface area contributed by atoms with Gasteiger partial charge in [0.2, 0.25) is 0 Å². The number of aromatic nitrogens is 1. The number of halogens is 3. The molecular formula is C28H32F3N3O3. The summed E-state index contributed by atoms with van der Waals surface area (Å²) in [6.45, 7) is 2.65. The number of carbonyl (C=O) groups excluding carboxylic acids is 2. The highest BCUT2D eigenvalue weighted by Crippen LogP contribution is 2.46. The minimum absolute atomic E-state index is 0.0213. The van der Waals surface area contributed by atoms with Gasteiger partial charge in [-0.15, -0.1) is 0 Å². The summed E-state index contributed by atoms with van der Waals surface area (Å²) >= 11 is 0. The fourth-order valence-electron chi connectivity index (χ4n) is 5.04. The first kappa shape index (κ1) is 26.9. The average molecular weight is 516 g/mol. The zero-order valence-electron chi connectivity index (χ0n) is 21.0. The smallest absolute Gasteiger partial charge is 0.464 e. The van der Waals surface area contributed by atoms with Gasteiger partial charge in [0.15, 0.2) is 0 Å². The Morgan fingerprint density at radius 3 is 2.46 bits per heavy atom. The van der Waals surface area contributed by atoms with Gasteiger partial charge in [-0.05, 0) is 48.8 Å². The van der Waals surface area contributed by atoms with E-state index in [-0.39, 0.29) is 30.1 Å². The third-order valence-electron chi connectivity index (χ3n) is 7.20. The van der Waals surface area contributed by atoms with Crippen LogP contribution >= 0.6 is 0 Å². The maximum absolute atomic E-state index is 13.4. The molecular weight excluding hydrogens is 483 g/mol. The van der Waals surface area contributed by atoms with Crippen LogP contribution in [0.15, 0.2) is 54.2 Å². The lowest BCUT2D eigenvalue weighted by atomic mass is 9.79. The SMILES string of the molecule is CC/C(=C\c1ccccc1)C1CC1N(CC1CC(NCc2ccc(C(=O)OC)nc2)C1)C(=O)C(F)(F)F. The summed E-state index contributed by atoms with van der Waals surface area (Å²) in [5.74, 6) is -2.25. The number of esters is 1. The largest absolute Gasteiger partial charge is 0.471 e. The molecule has 1 amide bonds. The van der Waals surface area contributed by atoms with Crippen molar-refractivity contribution in [2.24, 2.45) is 11.8 Å². The summed E-state index contributed by atoms with van der Waals surface area (Å²) in [5, 5.41) is 3.38. The molecule has 0 bridgehead atoms. The van der Waals surface area contributed by atoms with Gasteiger partial charge in [-0.2, -0.15) is 13.2 Å². The minimum atomic E-state index is -4.88. The molecule has 2 aromatic rings. The van der Waals surface area contributed by atoms with Gasteiger partial charge < -0.3 is 15.0 Å². The molecule has 1 heterocycles. The van der Waals surface area contributed by atoms with Crippen molar-refractivity contribution in [2.45, 2.75) is 57.4 Å². The van der Waals surface area contributed by atoms with E-state index in [9.17, 15) is 22.8 Å². The summed E-state index contributed by atoms with van der Waals surface area (Å²) in [4.78, 5) is 29.0. The van der Waals surface area contributed by atoms with Crippen LogP contribution in [0.2, 0.25) is 0 Å². The molecule has 9 heteroatoms. The Morgan fingerprint density at radius 1 is 1.14 bits per heavy atom. The molecule has 0 spiro atoms. The van der Waals surface area contributed by atoms with Gasteiger partial charge in [-0.3, -0.25) is 4.79 Å². The number of alkyl halides is 3. The number of benzene rings is 1. The van der Waals surface area contributed by atoms with Crippen LogP contribution in [0.3, 0.4) is 0 Å². The maximum atomic E-state index is 13.4. The molecule has 2 atom stereocenters. The Hall–Kier alpha value is -3.20. The number of methoxy groups -OCH3 is 1. The number of carbonyl (C=O) groups is 2. The summed E-state index contributed by atoms with van der Waals surface area (Å²) in [6.07, 6.45) is 1.46. The lowest BCUT2D eigenvalue weighted by Crippen LogP contribution is -2.50. The van der Waals surface area contributed by atoms with Gasteiger partial charge in [-0.1, -0.05) is 55.0 Å². The maximum Gasteiger partial charge on any atom is 0.471 e. The summed E-state index contributed by atoms with van der Waals surface area (Å²) in [6, 6.07) is 12.8. The predicted molar refractivity (Wildman–Crippen MR) is 133 cm³/mol. The van der Waals surface area contributed by atoms with E-state index in [4.69, 9.17) is 0 Å². The highest BCUT2D eigenvalue weighted by atomic mass is 19.4. The van der Waals surface area contributed by atoms with Crippen molar-refractivity contribution in [3.63, 3.8) is 0 Å². The molecule has 2 aliphatic carbocycles. The van der Waals surface area contributed by atoms with Crippen molar-refractivity contribution < 1.29 is 27.5 Å². The molecule has 2 fully saturated rings. The number of pyridine rings is 1. The lowest BCUT2D eigenvalue weighted by molar-refractivity contribution is -0.187. The van der Waals surface area contributed by atoms with Crippen LogP contribution < -0.4 is 5.32 Å². The first-order chi connectivity index (χ1) is 17.7. The molecule has 6 nitrogen and oxygen atoms in total. The molecule has 0 aliphatic heterocycles. The van der Waals surface area contributed by atoms with Gasteiger partial charge >= 0.3 is 18.1 Å². The van der Waals surface area contributed by atoms with Crippen LogP contribution in [0.4, 0.5) is 13.2 Å². The summed E-state index contributed by atoms with van der Waals surface area (Å²) < 4.78 is 45.0. The van der Waals surface area contributed by atoms with Crippen LogP contribution in [0.1, 0.15) is 54.2 Å². The molecule has 1 N–H and O–H groups in total. The van der Waals surface area contributed by atoms with E-state index in [1.165, 1.54) is 7.11 Å². The molecule has 2 unspecified atom stereocenters. The van der Waals surface area contributed by atoms with E-state index in [0.29, 0.717) is 25.8 Å². The third-order valence-corrected chi connectivity index (χ3v) is 7.20. The third kappa shape index (κ3) is 6.77. The molecule has 2 aliphatic rings. The number of nitrogens with one attached hydrogen (secondary N) is 1. The molecule has 37 heavy (non-hydrogen) atoms. The van der Waals surface area contributed by atoms with Crippen LogP contribution in [0, 0.1) is 11.8 Å². The van der Waals surface area contributed by atoms with E-state index in [0.717, 1.165) is 28.0 Å². The van der Waals surface area contributed by atoms with E-state index in [1.54, 1.807) is 18.3 Å². The van der Waals surface area contributed by atoms with Crippen molar-refractivity contribution in [1.82, 2.24) is 15.2 Å². The van der Waals surface area contributed by atoms with Gasteiger partial charge in [-0.25, -0.2) is 9.78 Å². The van der Waals surface area contributed by atoms with Crippen LogP contribution in [-0.2, 0) is 16.1 Å². The lowest BCUT2D eigenvalue weighted by Gasteiger charge is -2.39. The number of rotatable bonds is 10. The van der Waals surface area contributed by atoms with Crippen molar-refractivity contribution >= 4 is 18.0 Å². The Labute approximate surface area is 214 Å². The fourth-order valence-corrected chi connectivity index (χ4v) is 5.04. The first-order valence-electron chi connectivity index (χ1n) is 12.6. The van der Waals surface area contributed by atoms with Crippen LogP contribution in [0.5, 0.6) is 0 Å². The molecule has 0 radical (unpaired) electrons. The predicted octanol–water partition coefficient (Wildman–Crippen LogP) is 5.01. The van der Waals surface area contributed by atoms with Crippen molar-refractivity contribution in [3.8, 4) is 0 Å². The number of hydrogen-bond acceptors (Lipinski definition) is 5. The monoisotopic (exact) mass is 515 g/mol. The second kappa shape index (κ2) is 11.5. The van der Waals surface area contributed by atoms with E-state index >= 15 is 0 Å². The van der Waals surface area contributed by atoms with E-state index < -0.39 is 24.1 Å². The molecule has 1 aromatic heterocycles. The van der Waals surface area contributed by atoms with E-state index in [2.05, 4.69) is 15.0 Å². The van der Waals surface area contributed by atoms with Gasteiger partial charge in [0.05, 0.1) is 7.11 Å². The Balaban J connectivity index is 1.32. The Kier molecular flexibility index (Phi) is 8.32.